The smallest absolute Gasteiger partial charge is 0.496 e. The summed E-state index contributed by atoms with van der Waals surface area (Å²) >= 11 is 0. The van der Waals surface area contributed by atoms with E-state index in [1.165, 1.54) is 6.92 Å². The molecule has 0 unspecified atom stereocenters. The summed E-state index contributed by atoms with van der Waals surface area (Å²) in [6.07, 6.45) is -3.33. The van der Waals surface area contributed by atoms with Crippen LogP contribution in [0.1, 0.15) is 61.0 Å². The summed E-state index contributed by atoms with van der Waals surface area (Å²) < 4.78 is 53.9. The fourth-order valence-corrected chi connectivity index (χ4v) is 6.60. The van der Waals surface area contributed by atoms with Gasteiger partial charge in [-0.15, -0.1) is 0 Å². The summed E-state index contributed by atoms with van der Waals surface area (Å²) in [6.45, 7) is 19.3. The molecule has 12 heteroatoms. The van der Waals surface area contributed by atoms with E-state index < -0.39 is 50.0 Å². The van der Waals surface area contributed by atoms with E-state index in [9.17, 15) is 9.59 Å². The van der Waals surface area contributed by atoms with Gasteiger partial charge in [0.25, 0.3) is 0 Å². The van der Waals surface area contributed by atoms with E-state index in [4.69, 9.17) is 42.3 Å². The minimum atomic E-state index is -2.34. The molecule has 0 amide bonds. The molecular weight excluding hydrogens is 624 g/mol. The van der Waals surface area contributed by atoms with E-state index in [1.54, 1.807) is 42.1 Å². The van der Waals surface area contributed by atoms with Gasteiger partial charge in [0.1, 0.15) is 34.6 Å². The van der Waals surface area contributed by atoms with Crippen LogP contribution < -0.4 is 14.2 Å². The molecule has 47 heavy (non-hydrogen) atoms. The van der Waals surface area contributed by atoms with Gasteiger partial charge in [0, 0.05) is 36.1 Å². The molecule has 1 heterocycles. The monoisotopic (exact) mass is 674 g/mol. The predicted octanol–water partition coefficient (Wildman–Crippen LogP) is 7.04. The zero-order chi connectivity index (χ0) is 35.1. The first-order valence-electron chi connectivity index (χ1n) is 15.7. The van der Waals surface area contributed by atoms with Crippen molar-refractivity contribution in [1.29, 1.82) is 0 Å². The lowest BCUT2D eigenvalue weighted by Crippen LogP contribution is -2.48. The van der Waals surface area contributed by atoms with Crippen molar-refractivity contribution in [2.45, 2.75) is 103 Å². The van der Waals surface area contributed by atoms with Gasteiger partial charge >= 0.3 is 12.1 Å². The topological polar surface area (TPSA) is 121 Å². The SMILES string of the molecule is COCOc1cccc2c(OC)c(C3=C(CO[Si](C)(C)C(C)(C)C)[C@@H](OC(C)=O)[C@@]4(C)O[C@H]4[C@H]3OC(=O)OC(C)(C)C)cc(OC)c12. The van der Waals surface area contributed by atoms with Crippen molar-refractivity contribution >= 4 is 36.8 Å². The average Bonchev–Trinajstić information content (AvgIpc) is 3.66. The van der Waals surface area contributed by atoms with Crippen molar-refractivity contribution in [1.82, 2.24) is 0 Å². The number of hydrogen-bond donors (Lipinski definition) is 0. The number of carbonyl (C=O) groups is 2. The van der Waals surface area contributed by atoms with Gasteiger partial charge in [-0.3, -0.25) is 4.79 Å². The number of fused-ring (bicyclic) bond motifs is 2. The molecule has 2 aromatic carbocycles. The molecule has 0 bridgehead atoms. The van der Waals surface area contributed by atoms with Crippen LogP contribution in [0.3, 0.4) is 0 Å². The van der Waals surface area contributed by atoms with E-state index in [0.29, 0.717) is 44.7 Å². The first-order valence-corrected chi connectivity index (χ1v) is 18.6. The quantitative estimate of drug-likeness (QED) is 0.106. The normalized spacial score (nSPS) is 22.8. The molecule has 4 rings (SSSR count). The van der Waals surface area contributed by atoms with E-state index in [-0.39, 0.29) is 18.4 Å². The highest BCUT2D eigenvalue weighted by Crippen LogP contribution is 2.57. The number of carbonyl (C=O) groups excluding carboxylic acids is 2. The summed E-state index contributed by atoms with van der Waals surface area (Å²) in [5.74, 6) is 0.989. The average molecular weight is 675 g/mol. The summed E-state index contributed by atoms with van der Waals surface area (Å²) in [5, 5.41) is 1.23. The lowest BCUT2D eigenvalue weighted by molar-refractivity contribution is -0.147. The van der Waals surface area contributed by atoms with Crippen molar-refractivity contribution in [3.8, 4) is 17.2 Å². The van der Waals surface area contributed by atoms with Crippen LogP contribution in [-0.4, -0.2) is 84.7 Å². The van der Waals surface area contributed by atoms with Gasteiger partial charge in [0.2, 0.25) is 0 Å². The standard InChI is InChI=1S/C35H50O11Si/c1-20(36)43-30-23(18-42-47(12,13)34(5,6)7)26(29(31-35(30,8)45-31)44-32(37)46-33(2,3)4)22-17-25(39-10)27-21(28(22)40-11)15-14-16-24(27)41-19-38-9/h14-17,29-31H,18-19H2,1-13H3/t29-,30+,31-,35+/m0/s1. The highest BCUT2D eigenvalue weighted by Gasteiger charge is 2.69. The maximum Gasteiger partial charge on any atom is 0.509 e. The van der Waals surface area contributed by atoms with Crippen LogP contribution in [0, 0.1) is 0 Å². The van der Waals surface area contributed by atoms with Crippen molar-refractivity contribution in [2.24, 2.45) is 0 Å². The zero-order valence-electron chi connectivity index (χ0n) is 29.9. The zero-order valence-corrected chi connectivity index (χ0v) is 30.9. The summed E-state index contributed by atoms with van der Waals surface area (Å²) in [7, 11) is 2.33. The Kier molecular flexibility index (Phi) is 10.3. The predicted molar refractivity (Wildman–Crippen MR) is 180 cm³/mol. The second-order valence-corrected chi connectivity index (χ2v) is 19.4. The van der Waals surface area contributed by atoms with Crippen molar-refractivity contribution in [2.75, 3.05) is 34.7 Å². The van der Waals surface area contributed by atoms with Crippen LogP contribution in [0.5, 0.6) is 17.2 Å². The molecule has 2 aromatic rings. The number of rotatable bonds is 11. The molecule has 4 atom stereocenters. The van der Waals surface area contributed by atoms with Crippen LogP contribution in [0.2, 0.25) is 18.1 Å². The Labute approximate surface area is 278 Å². The Bertz CT molecular complexity index is 1530. The number of ether oxygens (including phenoxy) is 8. The molecule has 0 aromatic heterocycles. The fraction of sp³-hybridized carbons (Fsp3) is 0.600. The largest absolute Gasteiger partial charge is 0.509 e. The molecule has 0 radical (unpaired) electrons. The van der Waals surface area contributed by atoms with Crippen molar-refractivity contribution < 1.29 is 51.9 Å². The minimum absolute atomic E-state index is 0.0277. The molecule has 0 spiro atoms. The molecule has 0 N–H and O–H groups in total. The highest BCUT2D eigenvalue weighted by molar-refractivity contribution is 6.74. The van der Waals surface area contributed by atoms with E-state index in [0.717, 1.165) is 0 Å². The van der Waals surface area contributed by atoms with Crippen molar-refractivity contribution in [3.63, 3.8) is 0 Å². The second-order valence-electron chi connectivity index (χ2n) is 14.6. The van der Waals surface area contributed by atoms with Crippen LogP contribution in [-0.2, 0) is 32.9 Å². The minimum Gasteiger partial charge on any atom is -0.496 e. The van der Waals surface area contributed by atoms with Gasteiger partial charge in [-0.25, -0.2) is 4.79 Å². The van der Waals surface area contributed by atoms with Gasteiger partial charge in [0.15, 0.2) is 27.3 Å². The summed E-state index contributed by atoms with van der Waals surface area (Å²) in [6, 6.07) is 7.35. The van der Waals surface area contributed by atoms with Crippen LogP contribution in [0.15, 0.2) is 29.8 Å². The van der Waals surface area contributed by atoms with E-state index in [2.05, 4.69) is 33.9 Å². The van der Waals surface area contributed by atoms with Crippen LogP contribution >= 0.6 is 0 Å². The van der Waals surface area contributed by atoms with Gasteiger partial charge in [-0.1, -0.05) is 32.9 Å². The maximum atomic E-state index is 13.3. The summed E-state index contributed by atoms with van der Waals surface area (Å²) in [5.41, 5.74) is -0.107. The number of hydrogen-bond acceptors (Lipinski definition) is 11. The van der Waals surface area contributed by atoms with Gasteiger partial charge in [0.05, 0.1) is 26.2 Å². The Morgan fingerprint density at radius 2 is 1.66 bits per heavy atom. The molecule has 2 aliphatic rings. The van der Waals surface area contributed by atoms with Crippen LogP contribution in [0.25, 0.3) is 16.3 Å². The number of esters is 1. The third-order valence-corrected chi connectivity index (χ3v) is 13.5. The number of benzene rings is 2. The molecule has 1 aliphatic heterocycles. The maximum absolute atomic E-state index is 13.3. The van der Waals surface area contributed by atoms with Gasteiger partial charge < -0.3 is 42.3 Å². The highest BCUT2D eigenvalue weighted by atomic mass is 28.4. The summed E-state index contributed by atoms with van der Waals surface area (Å²) in [4.78, 5) is 25.9. The Morgan fingerprint density at radius 3 is 2.21 bits per heavy atom. The first-order chi connectivity index (χ1) is 21.8. The van der Waals surface area contributed by atoms with E-state index in [1.807, 2.05) is 31.2 Å². The number of methoxy groups -OCH3 is 3. The molecule has 260 valence electrons. The molecule has 1 fully saturated rings. The third-order valence-electron chi connectivity index (χ3n) is 9.01. The first kappa shape index (κ1) is 36.5. The van der Waals surface area contributed by atoms with Gasteiger partial charge in [-0.05, 0) is 58.0 Å². The molecule has 1 saturated heterocycles. The lowest BCUT2D eigenvalue weighted by atomic mass is 9.77. The van der Waals surface area contributed by atoms with Crippen molar-refractivity contribution in [3.05, 3.63) is 35.4 Å². The molecule has 1 aliphatic carbocycles. The van der Waals surface area contributed by atoms with E-state index >= 15 is 0 Å². The fourth-order valence-electron chi connectivity index (χ4n) is 5.65. The molecule has 11 nitrogen and oxygen atoms in total. The number of epoxide rings is 1. The molecular formula is C35H50O11Si. The lowest BCUT2D eigenvalue weighted by Gasteiger charge is -2.39. The Balaban J connectivity index is 2.06. The van der Waals surface area contributed by atoms with Crippen LogP contribution in [0.4, 0.5) is 4.79 Å². The third kappa shape index (κ3) is 7.40. The Hall–Kier alpha value is -3.32. The van der Waals surface area contributed by atoms with Gasteiger partial charge in [-0.2, -0.15) is 0 Å². The second kappa shape index (κ2) is 13.3. The Morgan fingerprint density at radius 1 is 0.979 bits per heavy atom. The molecule has 0 saturated carbocycles.